The first kappa shape index (κ1) is 21.5. The third-order valence-corrected chi connectivity index (χ3v) is 6.69. The molecule has 3 rings (SSSR count). The van der Waals surface area contributed by atoms with Crippen molar-refractivity contribution >= 4 is 11.8 Å². The summed E-state index contributed by atoms with van der Waals surface area (Å²) < 4.78 is 5.28. The van der Waals surface area contributed by atoms with E-state index in [0.717, 1.165) is 32.5 Å². The lowest BCUT2D eigenvalue weighted by Crippen LogP contribution is -2.61. The molecule has 0 bridgehead atoms. The fraction of sp³-hybridized carbons (Fsp3) is 0.905. The largest absolute Gasteiger partial charge is 0.392 e. The second-order valence-corrected chi connectivity index (χ2v) is 8.73. The molecule has 0 unspecified atom stereocenters. The Bertz CT molecular complexity index is 536. The van der Waals surface area contributed by atoms with Crippen molar-refractivity contribution in [2.24, 2.45) is 5.41 Å². The minimum atomic E-state index is -0.461. The lowest BCUT2D eigenvalue weighted by molar-refractivity contribution is -0.151. The molecule has 1 spiro atoms. The number of carbonyl (C=O) groups is 2. The smallest absolute Gasteiger partial charge is 0.248 e. The number of aliphatic hydroxyl groups is 1. The molecule has 0 aliphatic carbocycles. The summed E-state index contributed by atoms with van der Waals surface area (Å²) >= 11 is 0. The lowest BCUT2D eigenvalue weighted by atomic mass is 9.71. The number of aliphatic hydroxyl groups excluding tert-OH is 1. The Hall–Kier alpha value is -1.18. The van der Waals surface area contributed by atoms with Crippen molar-refractivity contribution in [2.45, 2.75) is 58.0 Å². The summed E-state index contributed by atoms with van der Waals surface area (Å²) in [6.45, 7) is 7.40. The van der Waals surface area contributed by atoms with Gasteiger partial charge in [0.25, 0.3) is 0 Å². The molecule has 7 heteroatoms. The molecule has 3 aliphatic heterocycles. The Balaban J connectivity index is 1.60. The van der Waals surface area contributed by atoms with E-state index in [-0.39, 0.29) is 18.4 Å². The fourth-order valence-corrected chi connectivity index (χ4v) is 5.00. The highest BCUT2D eigenvalue weighted by atomic mass is 16.5. The van der Waals surface area contributed by atoms with Crippen molar-refractivity contribution in [3.63, 3.8) is 0 Å². The number of amides is 2. The highest BCUT2D eigenvalue weighted by Crippen LogP contribution is 2.39. The minimum absolute atomic E-state index is 0.0128. The molecule has 0 aromatic rings. The normalized spacial score (nSPS) is 29.7. The number of ether oxygens (including phenoxy) is 1. The van der Waals surface area contributed by atoms with Crippen molar-refractivity contribution in [1.29, 1.82) is 0 Å². The molecule has 28 heavy (non-hydrogen) atoms. The van der Waals surface area contributed by atoms with Gasteiger partial charge >= 0.3 is 0 Å². The number of hydrogen-bond donors (Lipinski definition) is 1. The number of hydrogen-bond acceptors (Lipinski definition) is 5. The maximum atomic E-state index is 13.0. The van der Waals surface area contributed by atoms with Gasteiger partial charge in [-0.15, -0.1) is 0 Å². The highest BCUT2D eigenvalue weighted by molar-refractivity contribution is 5.79. The monoisotopic (exact) mass is 395 g/mol. The van der Waals surface area contributed by atoms with Crippen LogP contribution in [0.5, 0.6) is 0 Å². The predicted octanol–water partition coefficient (Wildman–Crippen LogP) is 1.10. The fourth-order valence-electron chi connectivity index (χ4n) is 5.00. The summed E-state index contributed by atoms with van der Waals surface area (Å²) in [5.41, 5.74) is -0.396. The van der Waals surface area contributed by atoms with Crippen LogP contribution in [-0.4, -0.2) is 96.8 Å². The van der Waals surface area contributed by atoms with Crippen LogP contribution in [0.3, 0.4) is 0 Å². The van der Waals surface area contributed by atoms with Gasteiger partial charge in [-0.25, -0.2) is 0 Å². The average Bonchev–Trinajstić information content (AvgIpc) is 2.97. The quantitative estimate of drug-likeness (QED) is 0.755. The summed E-state index contributed by atoms with van der Waals surface area (Å²) in [5, 5.41) is 10.8. The molecule has 0 aromatic carbocycles. The molecule has 0 saturated carbocycles. The molecule has 3 aliphatic rings. The van der Waals surface area contributed by atoms with E-state index in [4.69, 9.17) is 4.74 Å². The van der Waals surface area contributed by atoms with Gasteiger partial charge in [0.1, 0.15) is 6.61 Å². The van der Waals surface area contributed by atoms with Gasteiger partial charge in [-0.3, -0.25) is 14.5 Å². The predicted molar refractivity (Wildman–Crippen MR) is 107 cm³/mol. The third kappa shape index (κ3) is 5.24. The number of carbonyl (C=O) groups excluding carboxylic acids is 2. The van der Waals surface area contributed by atoms with Crippen LogP contribution >= 0.6 is 0 Å². The molecule has 3 heterocycles. The first-order chi connectivity index (χ1) is 13.5. The van der Waals surface area contributed by atoms with E-state index in [9.17, 15) is 14.7 Å². The SMILES string of the molecule is CCOCC(=O)N1CC[C@@H](O)[C@]2(CCCN(C(=O)CN3CCCCCC3)C2)C1. The van der Waals surface area contributed by atoms with Crippen LogP contribution in [0.15, 0.2) is 0 Å². The van der Waals surface area contributed by atoms with E-state index in [1.165, 1.54) is 25.7 Å². The van der Waals surface area contributed by atoms with Gasteiger partial charge < -0.3 is 19.6 Å². The molecular weight excluding hydrogens is 358 g/mol. The summed E-state index contributed by atoms with van der Waals surface area (Å²) in [5.74, 6) is 0.159. The zero-order valence-corrected chi connectivity index (χ0v) is 17.4. The Morgan fingerprint density at radius 2 is 1.64 bits per heavy atom. The first-order valence-electron chi connectivity index (χ1n) is 11.1. The zero-order valence-electron chi connectivity index (χ0n) is 17.4. The molecule has 3 saturated heterocycles. The number of rotatable bonds is 5. The van der Waals surface area contributed by atoms with Gasteiger partial charge in [-0.2, -0.15) is 0 Å². The Labute approximate surface area is 169 Å². The van der Waals surface area contributed by atoms with E-state index >= 15 is 0 Å². The van der Waals surface area contributed by atoms with Crippen LogP contribution < -0.4 is 0 Å². The lowest BCUT2D eigenvalue weighted by Gasteiger charge is -2.51. The highest BCUT2D eigenvalue weighted by Gasteiger charge is 2.47. The van der Waals surface area contributed by atoms with Crippen LogP contribution in [0.25, 0.3) is 0 Å². The second-order valence-electron chi connectivity index (χ2n) is 8.73. The van der Waals surface area contributed by atoms with Gasteiger partial charge in [0, 0.05) is 38.2 Å². The van der Waals surface area contributed by atoms with E-state index in [1.54, 1.807) is 0 Å². The number of piperidine rings is 2. The molecular formula is C21H37N3O4. The first-order valence-corrected chi connectivity index (χ1v) is 11.1. The van der Waals surface area contributed by atoms with E-state index in [2.05, 4.69) is 4.90 Å². The van der Waals surface area contributed by atoms with Gasteiger partial charge in [0.05, 0.1) is 12.6 Å². The molecule has 0 radical (unpaired) electrons. The van der Waals surface area contributed by atoms with E-state index < -0.39 is 11.5 Å². The minimum Gasteiger partial charge on any atom is -0.392 e. The molecule has 160 valence electrons. The van der Waals surface area contributed by atoms with Gasteiger partial charge in [-0.1, -0.05) is 12.8 Å². The number of nitrogens with zero attached hydrogens (tertiary/aromatic N) is 3. The average molecular weight is 396 g/mol. The van der Waals surface area contributed by atoms with Gasteiger partial charge in [0.15, 0.2) is 0 Å². The van der Waals surface area contributed by atoms with Crippen LogP contribution in [0, 0.1) is 5.41 Å². The molecule has 2 amide bonds. The molecule has 7 nitrogen and oxygen atoms in total. The van der Waals surface area contributed by atoms with Crippen molar-refractivity contribution in [2.75, 3.05) is 59.0 Å². The zero-order chi connectivity index (χ0) is 20.0. The molecule has 2 atom stereocenters. The summed E-state index contributed by atoms with van der Waals surface area (Å²) in [4.78, 5) is 31.4. The van der Waals surface area contributed by atoms with Crippen molar-refractivity contribution in [1.82, 2.24) is 14.7 Å². The van der Waals surface area contributed by atoms with E-state index in [1.807, 2.05) is 16.7 Å². The Kier molecular flexibility index (Phi) is 7.71. The number of likely N-dealkylation sites (tertiary alicyclic amines) is 3. The maximum Gasteiger partial charge on any atom is 0.248 e. The Morgan fingerprint density at radius 3 is 2.32 bits per heavy atom. The van der Waals surface area contributed by atoms with Gasteiger partial charge in [0.2, 0.25) is 11.8 Å². The molecule has 0 aromatic heterocycles. The van der Waals surface area contributed by atoms with E-state index in [0.29, 0.717) is 39.2 Å². The van der Waals surface area contributed by atoms with Gasteiger partial charge in [-0.05, 0) is 52.1 Å². The van der Waals surface area contributed by atoms with Crippen LogP contribution in [0.2, 0.25) is 0 Å². The molecule has 1 N–H and O–H groups in total. The van der Waals surface area contributed by atoms with Crippen molar-refractivity contribution in [3.8, 4) is 0 Å². The standard InChI is InChI=1S/C21H37N3O4/c1-2-28-15-20(27)24-13-8-18(25)21(17-24)9-7-12-23(16-21)19(26)14-22-10-5-3-4-6-11-22/h18,25H,2-17H2,1H3/t18-,21+/m1/s1. The Morgan fingerprint density at radius 1 is 0.964 bits per heavy atom. The van der Waals surface area contributed by atoms with Crippen molar-refractivity contribution in [3.05, 3.63) is 0 Å². The third-order valence-electron chi connectivity index (χ3n) is 6.69. The molecule has 3 fully saturated rings. The second kappa shape index (κ2) is 10.0. The van der Waals surface area contributed by atoms with Crippen LogP contribution in [-0.2, 0) is 14.3 Å². The van der Waals surface area contributed by atoms with Crippen LogP contribution in [0.4, 0.5) is 0 Å². The topological polar surface area (TPSA) is 73.3 Å². The van der Waals surface area contributed by atoms with Crippen LogP contribution in [0.1, 0.15) is 51.9 Å². The summed E-state index contributed by atoms with van der Waals surface area (Å²) in [7, 11) is 0. The van der Waals surface area contributed by atoms with Crippen molar-refractivity contribution < 1.29 is 19.4 Å². The maximum absolute atomic E-state index is 13.0. The summed E-state index contributed by atoms with van der Waals surface area (Å²) in [6.07, 6.45) is 6.73. The summed E-state index contributed by atoms with van der Waals surface area (Å²) in [6, 6.07) is 0.